The molecule has 4 rings (SSSR count). The van der Waals surface area contributed by atoms with Gasteiger partial charge in [0.2, 0.25) is 5.91 Å². The number of carbonyl (C=O) groups is 1. The van der Waals surface area contributed by atoms with Crippen LogP contribution in [0, 0.1) is 13.8 Å². The number of hydrogen-bond acceptors (Lipinski definition) is 4. The van der Waals surface area contributed by atoms with Crippen molar-refractivity contribution in [2.45, 2.75) is 39.8 Å². The first-order valence-electron chi connectivity index (χ1n) is 11.0. The van der Waals surface area contributed by atoms with E-state index in [9.17, 15) is 4.79 Å². The molecule has 1 saturated heterocycles. The van der Waals surface area contributed by atoms with Crippen LogP contribution in [0.4, 0.5) is 0 Å². The fraction of sp³-hybridized carbons (Fsp3) is 0.480. The van der Waals surface area contributed by atoms with Crippen molar-refractivity contribution in [3.63, 3.8) is 0 Å². The minimum atomic E-state index is 0.0295. The number of amides is 1. The molecule has 5 nitrogen and oxygen atoms in total. The molecule has 160 valence electrons. The molecule has 2 aliphatic rings. The third kappa shape index (κ3) is 5.02. The predicted molar refractivity (Wildman–Crippen MR) is 120 cm³/mol. The second kappa shape index (κ2) is 9.19. The first-order valence-corrected chi connectivity index (χ1v) is 11.0. The highest BCUT2D eigenvalue weighted by atomic mass is 16.5. The van der Waals surface area contributed by atoms with Gasteiger partial charge in [-0.15, -0.1) is 0 Å². The van der Waals surface area contributed by atoms with Crippen molar-refractivity contribution in [3.8, 4) is 5.75 Å². The van der Waals surface area contributed by atoms with Gasteiger partial charge in [0.25, 0.3) is 0 Å². The summed E-state index contributed by atoms with van der Waals surface area (Å²) in [6.45, 7) is 12.4. The third-order valence-electron chi connectivity index (χ3n) is 6.40. The lowest BCUT2D eigenvalue weighted by Crippen LogP contribution is -2.49. The summed E-state index contributed by atoms with van der Waals surface area (Å²) in [6.07, 6.45) is 1.02. The normalized spacial score (nSPS) is 18.0. The summed E-state index contributed by atoms with van der Waals surface area (Å²) in [5, 5.41) is 3.16. The zero-order valence-electron chi connectivity index (χ0n) is 18.4. The molecule has 5 heteroatoms. The lowest BCUT2D eigenvalue weighted by molar-refractivity contribution is -0.123. The summed E-state index contributed by atoms with van der Waals surface area (Å²) < 4.78 is 5.60. The maximum absolute atomic E-state index is 12.5. The largest absolute Gasteiger partial charge is 0.493 e. The lowest BCUT2D eigenvalue weighted by Gasteiger charge is -2.34. The van der Waals surface area contributed by atoms with Gasteiger partial charge in [0.15, 0.2) is 0 Å². The molecule has 0 unspecified atom stereocenters. The monoisotopic (exact) mass is 407 g/mol. The van der Waals surface area contributed by atoms with Crippen LogP contribution < -0.4 is 10.1 Å². The quantitative estimate of drug-likeness (QED) is 0.799. The molecule has 0 spiro atoms. The smallest absolute Gasteiger partial charge is 0.234 e. The second-order valence-electron chi connectivity index (χ2n) is 8.73. The summed E-state index contributed by atoms with van der Waals surface area (Å²) in [7, 11) is 0. The van der Waals surface area contributed by atoms with Crippen molar-refractivity contribution in [2.24, 2.45) is 0 Å². The van der Waals surface area contributed by atoms with Crippen molar-refractivity contribution in [2.75, 3.05) is 39.3 Å². The van der Waals surface area contributed by atoms with E-state index in [0.29, 0.717) is 6.54 Å². The van der Waals surface area contributed by atoms with Gasteiger partial charge in [-0.2, -0.15) is 0 Å². The van der Waals surface area contributed by atoms with Crippen molar-refractivity contribution in [1.29, 1.82) is 0 Å². The zero-order valence-corrected chi connectivity index (χ0v) is 18.4. The molecule has 1 N–H and O–H groups in total. The Labute approximate surface area is 180 Å². The molecule has 1 atom stereocenters. The van der Waals surface area contributed by atoms with Crippen LogP contribution in [0.3, 0.4) is 0 Å². The number of benzene rings is 2. The van der Waals surface area contributed by atoms with Crippen LogP contribution in [-0.2, 0) is 17.8 Å². The molecule has 2 heterocycles. The van der Waals surface area contributed by atoms with Gasteiger partial charge in [-0.05, 0) is 54.7 Å². The lowest BCUT2D eigenvalue weighted by atomic mass is 10.0. The standard InChI is InChI=1S/C25H33N3O2/c1-18-4-6-22(14-19(18)2)20(3)26-25(29)17-28-11-9-27(10-12-28)16-21-5-7-24-23(15-21)8-13-30-24/h4-7,14-15,20H,8-13,16-17H2,1-3H3,(H,26,29)/t20-/m0/s1. The number of ether oxygens (including phenoxy) is 1. The third-order valence-corrected chi connectivity index (χ3v) is 6.40. The van der Waals surface area contributed by atoms with Crippen LogP contribution in [0.1, 0.15) is 40.8 Å². The summed E-state index contributed by atoms with van der Waals surface area (Å²) in [6, 6.07) is 13.0. The number of rotatable bonds is 6. The molecule has 0 aliphatic carbocycles. The highest BCUT2D eigenvalue weighted by Gasteiger charge is 2.21. The molecule has 1 amide bonds. The van der Waals surface area contributed by atoms with Crippen molar-refractivity contribution < 1.29 is 9.53 Å². The molecule has 0 bridgehead atoms. The van der Waals surface area contributed by atoms with Gasteiger partial charge in [0.05, 0.1) is 19.2 Å². The SMILES string of the molecule is Cc1ccc([C@H](C)NC(=O)CN2CCN(Cc3ccc4c(c3)CCO4)CC2)cc1C. The van der Waals surface area contributed by atoms with Crippen LogP contribution in [0.15, 0.2) is 36.4 Å². The van der Waals surface area contributed by atoms with Gasteiger partial charge in [-0.3, -0.25) is 14.6 Å². The zero-order chi connectivity index (χ0) is 21.1. The number of nitrogens with zero attached hydrogens (tertiary/aromatic N) is 2. The Hall–Kier alpha value is -2.37. The maximum atomic E-state index is 12.5. The van der Waals surface area contributed by atoms with E-state index in [1.807, 2.05) is 0 Å². The van der Waals surface area contributed by atoms with E-state index in [0.717, 1.165) is 57.1 Å². The fourth-order valence-corrected chi connectivity index (χ4v) is 4.31. The van der Waals surface area contributed by atoms with Crippen LogP contribution in [0.25, 0.3) is 0 Å². The summed E-state index contributed by atoms with van der Waals surface area (Å²) in [5.74, 6) is 1.15. The van der Waals surface area contributed by atoms with E-state index in [4.69, 9.17) is 4.74 Å². The molecule has 30 heavy (non-hydrogen) atoms. The Balaban J connectivity index is 1.22. The van der Waals surface area contributed by atoms with E-state index >= 15 is 0 Å². The number of fused-ring (bicyclic) bond motifs is 1. The number of piperazine rings is 1. The van der Waals surface area contributed by atoms with Gasteiger partial charge in [0, 0.05) is 39.1 Å². The highest BCUT2D eigenvalue weighted by molar-refractivity contribution is 5.78. The van der Waals surface area contributed by atoms with Crippen LogP contribution in [-0.4, -0.2) is 55.0 Å². The Morgan fingerprint density at radius 1 is 1.03 bits per heavy atom. The van der Waals surface area contributed by atoms with Gasteiger partial charge in [-0.1, -0.05) is 30.3 Å². The van der Waals surface area contributed by atoms with Crippen molar-refractivity contribution >= 4 is 5.91 Å². The number of carbonyl (C=O) groups excluding carboxylic acids is 1. The topological polar surface area (TPSA) is 44.8 Å². The van der Waals surface area contributed by atoms with E-state index in [1.165, 1.54) is 22.3 Å². The fourth-order valence-electron chi connectivity index (χ4n) is 4.31. The average molecular weight is 408 g/mol. The molecule has 0 aromatic heterocycles. The highest BCUT2D eigenvalue weighted by Crippen LogP contribution is 2.26. The van der Waals surface area contributed by atoms with Crippen molar-refractivity contribution in [3.05, 3.63) is 64.2 Å². The maximum Gasteiger partial charge on any atom is 0.234 e. The molecule has 0 saturated carbocycles. The van der Waals surface area contributed by atoms with E-state index in [2.05, 4.69) is 72.3 Å². The Bertz CT molecular complexity index is 903. The molecule has 2 aliphatic heterocycles. The minimum Gasteiger partial charge on any atom is -0.493 e. The first kappa shape index (κ1) is 20.9. The van der Waals surface area contributed by atoms with Crippen LogP contribution in [0.5, 0.6) is 5.75 Å². The van der Waals surface area contributed by atoms with Gasteiger partial charge < -0.3 is 10.1 Å². The number of hydrogen-bond donors (Lipinski definition) is 1. The Morgan fingerprint density at radius 3 is 2.57 bits per heavy atom. The van der Waals surface area contributed by atoms with E-state index in [1.54, 1.807) is 0 Å². The molecular formula is C25H33N3O2. The average Bonchev–Trinajstić information content (AvgIpc) is 3.19. The van der Waals surface area contributed by atoms with E-state index in [-0.39, 0.29) is 11.9 Å². The summed E-state index contributed by atoms with van der Waals surface area (Å²) in [4.78, 5) is 17.3. The molecular weight excluding hydrogens is 374 g/mol. The Morgan fingerprint density at radius 2 is 1.80 bits per heavy atom. The van der Waals surface area contributed by atoms with Gasteiger partial charge in [0.1, 0.15) is 5.75 Å². The summed E-state index contributed by atoms with van der Waals surface area (Å²) >= 11 is 0. The van der Waals surface area contributed by atoms with Gasteiger partial charge in [-0.25, -0.2) is 0 Å². The minimum absolute atomic E-state index is 0.0295. The van der Waals surface area contributed by atoms with Crippen molar-refractivity contribution in [1.82, 2.24) is 15.1 Å². The number of aryl methyl sites for hydroxylation is 2. The molecule has 0 radical (unpaired) electrons. The summed E-state index contributed by atoms with van der Waals surface area (Å²) in [5.41, 5.74) is 6.40. The molecule has 2 aromatic rings. The molecule has 1 fully saturated rings. The van der Waals surface area contributed by atoms with Crippen LogP contribution in [0.2, 0.25) is 0 Å². The number of nitrogens with one attached hydrogen (secondary N) is 1. The van der Waals surface area contributed by atoms with E-state index < -0.39 is 0 Å². The van der Waals surface area contributed by atoms with Crippen LogP contribution >= 0.6 is 0 Å². The first-order chi connectivity index (χ1) is 14.5. The molecule has 2 aromatic carbocycles. The second-order valence-corrected chi connectivity index (χ2v) is 8.73. The Kier molecular flexibility index (Phi) is 6.40. The van der Waals surface area contributed by atoms with Gasteiger partial charge >= 0.3 is 0 Å². The predicted octanol–water partition coefficient (Wildman–Crippen LogP) is 3.23.